The average Bonchev–Trinajstić information content (AvgIpc) is 2.57. The van der Waals surface area contributed by atoms with Gasteiger partial charge in [-0.3, -0.25) is 14.5 Å². The van der Waals surface area contributed by atoms with E-state index >= 15 is 0 Å². The number of nitrogens with two attached hydrogens (primary N) is 1. The SMILES string of the molecule is CCN(C)[C@H](CN)C(=O)Nc1ccc(N2CCOCC2=O)cc1F. The average molecular weight is 338 g/mol. The summed E-state index contributed by atoms with van der Waals surface area (Å²) in [5.41, 5.74) is 6.13. The Balaban J connectivity index is 2.12. The van der Waals surface area contributed by atoms with Crippen molar-refractivity contribution >= 4 is 23.2 Å². The highest BCUT2D eigenvalue weighted by atomic mass is 19.1. The summed E-state index contributed by atoms with van der Waals surface area (Å²) in [6.45, 7) is 3.47. The summed E-state index contributed by atoms with van der Waals surface area (Å²) in [5.74, 6) is -1.18. The number of morpholine rings is 1. The molecule has 24 heavy (non-hydrogen) atoms. The molecule has 0 spiro atoms. The second-order valence-electron chi connectivity index (χ2n) is 5.58. The van der Waals surface area contributed by atoms with Gasteiger partial charge in [-0.05, 0) is 31.8 Å². The minimum absolute atomic E-state index is 0.0123. The molecule has 132 valence electrons. The molecule has 1 heterocycles. The van der Waals surface area contributed by atoms with Gasteiger partial charge in [-0.2, -0.15) is 0 Å². The maximum Gasteiger partial charge on any atom is 0.253 e. The molecule has 0 bridgehead atoms. The van der Waals surface area contributed by atoms with Crippen molar-refractivity contribution in [3.63, 3.8) is 0 Å². The van der Waals surface area contributed by atoms with Crippen molar-refractivity contribution in [2.45, 2.75) is 13.0 Å². The van der Waals surface area contributed by atoms with E-state index in [4.69, 9.17) is 10.5 Å². The Kier molecular flexibility index (Phi) is 6.24. The summed E-state index contributed by atoms with van der Waals surface area (Å²) < 4.78 is 19.4. The third-order valence-corrected chi connectivity index (χ3v) is 4.06. The largest absolute Gasteiger partial charge is 0.370 e. The number of hydrogen-bond acceptors (Lipinski definition) is 5. The molecule has 0 radical (unpaired) electrons. The van der Waals surface area contributed by atoms with Gasteiger partial charge >= 0.3 is 0 Å². The van der Waals surface area contributed by atoms with E-state index in [0.29, 0.717) is 25.4 Å². The summed E-state index contributed by atoms with van der Waals surface area (Å²) in [7, 11) is 1.78. The first kappa shape index (κ1) is 18.3. The number of hydrogen-bond donors (Lipinski definition) is 2. The number of ether oxygens (including phenoxy) is 1. The molecule has 0 aromatic heterocycles. The second-order valence-corrected chi connectivity index (χ2v) is 5.58. The van der Waals surface area contributed by atoms with Crippen molar-refractivity contribution in [2.75, 3.05) is 50.1 Å². The predicted molar refractivity (Wildman–Crippen MR) is 89.3 cm³/mol. The second kappa shape index (κ2) is 8.18. The Morgan fingerprint density at radius 1 is 1.54 bits per heavy atom. The zero-order chi connectivity index (χ0) is 17.7. The summed E-state index contributed by atoms with van der Waals surface area (Å²) >= 11 is 0. The molecule has 8 heteroatoms. The first-order valence-electron chi connectivity index (χ1n) is 7.86. The lowest BCUT2D eigenvalue weighted by molar-refractivity contribution is -0.125. The molecule has 0 saturated carbocycles. The number of carbonyl (C=O) groups is 2. The Labute approximate surface area is 140 Å². The molecule has 1 aliphatic heterocycles. The number of amides is 2. The maximum atomic E-state index is 14.3. The number of benzene rings is 1. The lowest BCUT2D eigenvalue weighted by Crippen LogP contribution is -2.46. The van der Waals surface area contributed by atoms with Gasteiger partial charge in [-0.1, -0.05) is 6.92 Å². The van der Waals surface area contributed by atoms with Crippen molar-refractivity contribution in [1.29, 1.82) is 0 Å². The number of anilines is 2. The van der Waals surface area contributed by atoms with Crippen LogP contribution in [0, 0.1) is 5.82 Å². The van der Waals surface area contributed by atoms with E-state index in [9.17, 15) is 14.0 Å². The van der Waals surface area contributed by atoms with Gasteiger partial charge in [0.15, 0.2) is 0 Å². The molecule has 2 amide bonds. The summed E-state index contributed by atoms with van der Waals surface area (Å²) in [6.07, 6.45) is 0. The van der Waals surface area contributed by atoms with E-state index in [1.807, 2.05) is 6.92 Å². The number of nitrogens with one attached hydrogen (secondary N) is 1. The van der Waals surface area contributed by atoms with Crippen LogP contribution in [0.2, 0.25) is 0 Å². The summed E-state index contributed by atoms with van der Waals surface area (Å²) in [4.78, 5) is 27.3. The van der Waals surface area contributed by atoms with Gasteiger partial charge in [0, 0.05) is 18.8 Å². The smallest absolute Gasteiger partial charge is 0.253 e. The highest BCUT2D eigenvalue weighted by Crippen LogP contribution is 2.23. The Morgan fingerprint density at radius 2 is 2.29 bits per heavy atom. The zero-order valence-corrected chi connectivity index (χ0v) is 13.9. The fourth-order valence-electron chi connectivity index (χ4n) is 2.49. The Morgan fingerprint density at radius 3 is 2.88 bits per heavy atom. The third kappa shape index (κ3) is 4.08. The van der Waals surface area contributed by atoms with Crippen LogP contribution in [-0.4, -0.2) is 62.7 Å². The lowest BCUT2D eigenvalue weighted by Gasteiger charge is -2.27. The van der Waals surface area contributed by atoms with Crippen LogP contribution in [-0.2, 0) is 14.3 Å². The Hall–Kier alpha value is -2.03. The van der Waals surface area contributed by atoms with Crippen molar-refractivity contribution in [2.24, 2.45) is 5.73 Å². The predicted octanol–water partition coefficient (Wildman–Crippen LogP) is 0.406. The Bertz CT molecular complexity index is 611. The first-order chi connectivity index (χ1) is 11.5. The highest BCUT2D eigenvalue weighted by Gasteiger charge is 2.23. The molecule has 1 aliphatic rings. The van der Waals surface area contributed by atoms with E-state index < -0.39 is 11.9 Å². The fraction of sp³-hybridized carbons (Fsp3) is 0.500. The third-order valence-electron chi connectivity index (χ3n) is 4.06. The topological polar surface area (TPSA) is 87.9 Å². The van der Waals surface area contributed by atoms with E-state index in [0.717, 1.165) is 0 Å². The van der Waals surface area contributed by atoms with Crippen molar-refractivity contribution in [1.82, 2.24) is 4.90 Å². The van der Waals surface area contributed by atoms with Gasteiger partial charge in [-0.25, -0.2) is 4.39 Å². The fourth-order valence-corrected chi connectivity index (χ4v) is 2.49. The lowest BCUT2D eigenvalue weighted by atomic mass is 10.2. The van der Waals surface area contributed by atoms with Crippen LogP contribution in [0.15, 0.2) is 18.2 Å². The van der Waals surface area contributed by atoms with Crippen molar-refractivity contribution in [3.05, 3.63) is 24.0 Å². The van der Waals surface area contributed by atoms with Gasteiger partial charge in [-0.15, -0.1) is 0 Å². The van der Waals surface area contributed by atoms with Crippen molar-refractivity contribution < 1.29 is 18.7 Å². The van der Waals surface area contributed by atoms with E-state index in [1.54, 1.807) is 18.0 Å². The molecule has 1 aromatic carbocycles. The molecule has 1 atom stereocenters. The highest BCUT2D eigenvalue weighted by molar-refractivity contribution is 5.97. The van der Waals surface area contributed by atoms with Crippen LogP contribution in [0.3, 0.4) is 0 Å². The van der Waals surface area contributed by atoms with E-state index in [-0.39, 0.29) is 30.7 Å². The first-order valence-corrected chi connectivity index (χ1v) is 7.86. The minimum atomic E-state index is -0.602. The number of nitrogens with zero attached hydrogens (tertiary/aromatic N) is 2. The molecule has 1 aromatic rings. The number of likely N-dealkylation sites (N-methyl/N-ethyl adjacent to an activating group) is 1. The normalized spacial score (nSPS) is 16.4. The molecule has 7 nitrogen and oxygen atoms in total. The van der Waals surface area contributed by atoms with Crippen LogP contribution in [0.1, 0.15) is 6.92 Å². The zero-order valence-electron chi connectivity index (χ0n) is 13.9. The van der Waals surface area contributed by atoms with Crippen molar-refractivity contribution in [3.8, 4) is 0 Å². The van der Waals surface area contributed by atoms with Crippen LogP contribution in [0.4, 0.5) is 15.8 Å². The molecule has 1 saturated heterocycles. The number of carbonyl (C=O) groups excluding carboxylic acids is 2. The van der Waals surface area contributed by atoms with Gasteiger partial charge in [0.2, 0.25) is 5.91 Å². The number of halogens is 1. The van der Waals surface area contributed by atoms with Gasteiger partial charge < -0.3 is 20.7 Å². The molecule has 3 N–H and O–H groups in total. The van der Waals surface area contributed by atoms with Crippen LogP contribution >= 0.6 is 0 Å². The summed E-state index contributed by atoms with van der Waals surface area (Å²) in [5, 5.41) is 2.55. The quantitative estimate of drug-likeness (QED) is 0.784. The molecule has 2 rings (SSSR count). The molecular weight excluding hydrogens is 315 g/mol. The maximum absolute atomic E-state index is 14.3. The number of rotatable bonds is 6. The summed E-state index contributed by atoms with van der Waals surface area (Å²) in [6, 6.07) is 3.75. The van der Waals surface area contributed by atoms with E-state index in [2.05, 4.69) is 5.32 Å². The molecule has 0 unspecified atom stereocenters. The minimum Gasteiger partial charge on any atom is -0.370 e. The molecular formula is C16H23FN4O3. The standard InChI is InChI=1S/C16H23FN4O3/c1-3-20(2)14(9-18)16(23)19-13-5-4-11(8-12(13)17)21-6-7-24-10-15(21)22/h4-5,8,14H,3,6-7,9-10,18H2,1-2H3,(H,19,23)/t14-/m1/s1. The van der Waals surface area contributed by atoms with Gasteiger partial charge in [0.05, 0.1) is 12.3 Å². The van der Waals surface area contributed by atoms with Gasteiger partial charge in [0.25, 0.3) is 5.91 Å². The van der Waals surface area contributed by atoms with Crippen LogP contribution in [0.25, 0.3) is 0 Å². The van der Waals surface area contributed by atoms with E-state index in [1.165, 1.54) is 17.0 Å². The monoisotopic (exact) mass is 338 g/mol. The van der Waals surface area contributed by atoms with Gasteiger partial charge in [0.1, 0.15) is 18.5 Å². The molecule has 1 fully saturated rings. The van der Waals surface area contributed by atoms with Crippen LogP contribution in [0.5, 0.6) is 0 Å². The molecule has 0 aliphatic carbocycles. The van der Waals surface area contributed by atoms with Crippen LogP contribution < -0.4 is 16.0 Å².